The number of hydrogen-bond donors (Lipinski definition) is 1. The van der Waals surface area contributed by atoms with Crippen LogP contribution in [0, 0.1) is 5.92 Å². The van der Waals surface area contributed by atoms with Gasteiger partial charge < -0.3 is 15.0 Å². The summed E-state index contributed by atoms with van der Waals surface area (Å²) in [6.45, 7) is 3.05. The standard InChI is InChI=1S/C14H28N2O/c1-15-14-8-9-17-11-12(14)10-16(2)13-6-4-3-5-7-13/h12-15H,3-11H2,1-2H3. The van der Waals surface area contributed by atoms with Gasteiger partial charge in [0.15, 0.2) is 0 Å². The highest BCUT2D eigenvalue weighted by atomic mass is 16.5. The summed E-state index contributed by atoms with van der Waals surface area (Å²) < 4.78 is 5.64. The number of rotatable bonds is 4. The van der Waals surface area contributed by atoms with Gasteiger partial charge in [0.2, 0.25) is 0 Å². The van der Waals surface area contributed by atoms with Crippen LogP contribution in [-0.4, -0.2) is 50.8 Å². The summed E-state index contributed by atoms with van der Waals surface area (Å²) in [5.74, 6) is 0.667. The minimum Gasteiger partial charge on any atom is -0.381 e. The van der Waals surface area contributed by atoms with Gasteiger partial charge in [-0.25, -0.2) is 0 Å². The lowest BCUT2D eigenvalue weighted by molar-refractivity contribution is 0.0139. The summed E-state index contributed by atoms with van der Waals surface area (Å²) in [4.78, 5) is 2.59. The van der Waals surface area contributed by atoms with Crippen LogP contribution in [0.3, 0.4) is 0 Å². The van der Waals surface area contributed by atoms with Gasteiger partial charge in [0.25, 0.3) is 0 Å². The van der Waals surface area contributed by atoms with E-state index in [0.717, 1.165) is 19.3 Å². The predicted octanol–water partition coefficient (Wildman–Crippen LogP) is 1.88. The fraction of sp³-hybridized carbons (Fsp3) is 1.00. The Hall–Kier alpha value is -0.120. The van der Waals surface area contributed by atoms with Gasteiger partial charge in [-0.05, 0) is 33.4 Å². The van der Waals surface area contributed by atoms with Gasteiger partial charge in [0.05, 0.1) is 6.61 Å². The normalized spacial score (nSPS) is 31.9. The van der Waals surface area contributed by atoms with Crippen molar-refractivity contribution in [3.05, 3.63) is 0 Å². The van der Waals surface area contributed by atoms with Crippen molar-refractivity contribution in [2.75, 3.05) is 33.9 Å². The van der Waals surface area contributed by atoms with Gasteiger partial charge in [0, 0.05) is 31.2 Å². The third-order valence-corrected chi connectivity index (χ3v) is 4.57. The lowest BCUT2D eigenvalue weighted by atomic mass is 9.91. The fourth-order valence-corrected chi connectivity index (χ4v) is 3.40. The summed E-state index contributed by atoms with van der Waals surface area (Å²) in [7, 11) is 4.39. The van der Waals surface area contributed by atoms with Crippen LogP contribution in [-0.2, 0) is 4.74 Å². The largest absolute Gasteiger partial charge is 0.381 e. The molecule has 1 aliphatic heterocycles. The Bertz CT molecular complexity index is 216. The van der Waals surface area contributed by atoms with Crippen LogP contribution in [0.15, 0.2) is 0 Å². The quantitative estimate of drug-likeness (QED) is 0.812. The average Bonchev–Trinajstić information content (AvgIpc) is 2.40. The highest BCUT2D eigenvalue weighted by molar-refractivity contribution is 4.83. The summed E-state index contributed by atoms with van der Waals surface area (Å²) >= 11 is 0. The van der Waals surface area contributed by atoms with Gasteiger partial charge in [-0.3, -0.25) is 0 Å². The lowest BCUT2D eigenvalue weighted by Crippen LogP contribution is -2.48. The van der Waals surface area contributed by atoms with Crippen LogP contribution < -0.4 is 5.32 Å². The third kappa shape index (κ3) is 3.67. The molecule has 2 unspecified atom stereocenters. The van der Waals surface area contributed by atoms with Crippen molar-refractivity contribution in [1.29, 1.82) is 0 Å². The highest BCUT2D eigenvalue weighted by Crippen LogP contribution is 2.24. The smallest absolute Gasteiger partial charge is 0.0521 e. The molecule has 1 saturated carbocycles. The molecule has 3 heteroatoms. The number of nitrogens with one attached hydrogen (secondary N) is 1. The molecule has 0 radical (unpaired) electrons. The lowest BCUT2D eigenvalue weighted by Gasteiger charge is -2.38. The monoisotopic (exact) mass is 240 g/mol. The molecule has 0 aromatic rings. The molecule has 0 aromatic heterocycles. The van der Waals surface area contributed by atoms with E-state index < -0.39 is 0 Å². The molecule has 0 bridgehead atoms. The molecule has 0 aromatic carbocycles. The van der Waals surface area contributed by atoms with Crippen molar-refractivity contribution >= 4 is 0 Å². The maximum absolute atomic E-state index is 5.64. The summed E-state index contributed by atoms with van der Waals surface area (Å²) in [6, 6.07) is 1.47. The van der Waals surface area contributed by atoms with E-state index in [1.807, 2.05) is 0 Å². The van der Waals surface area contributed by atoms with Crippen molar-refractivity contribution in [2.24, 2.45) is 5.92 Å². The van der Waals surface area contributed by atoms with E-state index in [1.165, 1.54) is 45.1 Å². The third-order valence-electron chi connectivity index (χ3n) is 4.57. The van der Waals surface area contributed by atoms with E-state index in [-0.39, 0.29) is 0 Å². The van der Waals surface area contributed by atoms with Crippen molar-refractivity contribution in [1.82, 2.24) is 10.2 Å². The van der Waals surface area contributed by atoms with Crippen molar-refractivity contribution in [3.63, 3.8) is 0 Å². The van der Waals surface area contributed by atoms with E-state index in [2.05, 4.69) is 24.3 Å². The highest BCUT2D eigenvalue weighted by Gasteiger charge is 2.27. The number of ether oxygens (including phenoxy) is 1. The molecule has 3 nitrogen and oxygen atoms in total. The zero-order valence-electron chi connectivity index (χ0n) is 11.5. The van der Waals surface area contributed by atoms with E-state index in [1.54, 1.807) is 0 Å². The Balaban J connectivity index is 1.81. The van der Waals surface area contributed by atoms with Crippen molar-refractivity contribution in [2.45, 2.75) is 50.6 Å². The van der Waals surface area contributed by atoms with Crippen LogP contribution in [0.5, 0.6) is 0 Å². The molecule has 1 heterocycles. The molecule has 17 heavy (non-hydrogen) atoms. The van der Waals surface area contributed by atoms with Crippen LogP contribution in [0.25, 0.3) is 0 Å². The number of hydrogen-bond acceptors (Lipinski definition) is 3. The zero-order valence-corrected chi connectivity index (χ0v) is 11.5. The second-order valence-electron chi connectivity index (χ2n) is 5.75. The van der Waals surface area contributed by atoms with Crippen molar-refractivity contribution < 1.29 is 4.74 Å². The van der Waals surface area contributed by atoms with E-state index in [9.17, 15) is 0 Å². The van der Waals surface area contributed by atoms with Crippen molar-refractivity contribution in [3.8, 4) is 0 Å². The van der Waals surface area contributed by atoms with Gasteiger partial charge in [-0.2, -0.15) is 0 Å². The first kappa shape index (κ1) is 13.3. The topological polar surface area (TPSA) is 24.5 Å². The van der Waals surface area contributed by atoms with Gasteiger partial charge >= 0.3 is 0 Å². The maximum Gasteiger partial charge on any atom is 0.0521 e. The Labute approximate surface area is 106 Å². The second-order valence-corrected chi connectivity index (χ2v) is 5.75. The molecule has 2 atom stereocenters. The minimum atomic E-state index is 0.648. The first-order valence-corrected chi connectivity index (χ1v) is 7.26. The SMILES string of the molecule is CNC1CCOCC1CN(C)C1CCCCC1. The maximum atomic E-state index is 5.64. The molecule has 100 valence electrons. The Morgan fingerprint density at radius 1 is 1.18 bits per heavy atom. The molecule has 0 spiro atoms. The Kier molecular flexibility index (Phi) is 5.26. The molecule has 1 N–H and O–H groups in total. The summed E-state index contributed by atoms with van der Waals surface area (Å²) in [5, 5.41) is 3.46. The molecule has 1 saturated heterocycles. The van der Waals surface area contributed by atoms with Gasteiger partial charge in [-0.1, -0.05) is 19.3 Å². The van der Waals surface area contributed by atoms with Crippen LogP contribution in [0.2, 0.25) is 0 Å². The van der Waals surface area contributed by atoms with E-state index in [0.29, 0.717) is 12.0 Å². The Morgan fingerprint density at radius 3 is 2.65 bits per heavy atom. The first-order valence-electron chi connectivity index (χ1n) is 7.26. The molecule has 2 aliphatic rings. The van der Waals surface area contributed by atoms with E-state index >= 15 is 0 Å². The number of nitrogens with zero attached hydrogens (tertiary/aromatic N) is 1. The molecule has 2 rings (SSSR count). The molecular formula is C14H28N2O. The van der Waals surface area contributed by atoms with Gasteiger partial charge in [0.1, 0.15) is 0 Å². The van der Waals surface area contributed by atoms with E-state index in [4.69, 9.17) is 4.74 Å². The average molecular weight is 240 g/mol. The van der Waals surface area contributed by atoms with Crippen LogP contribution in [0.4, 0.5) is 0 Å². The minimum absolute atomic E-state index is 0.648. The fourth-order valence-electron chi connectivity index (χ4n) is 3.40. The molecule has 2 fully saturated rings. The first-order chi connectivity index (χ1) is 8.31. The summed E-state index contributed by atoms with van der Waals surface area (Å²) in [5.41, 5.74) is 0. The Morgan fingerprint density at radius 2 is 1.94 bits per heavy atom. The second kappa shape index (κ2) is 6.72. The molecular weight excluding hydrogens is 212 g/mol. The molecule has 0 amide bonds. The summed E-state index contributed by atoms with van der Waals surface area (Å²) in [6.07, 6.45) is 8.25. The van der Waals surface area contributed by atoms with Crippen LogP contribution >= 0.6 is 0 Å². The van der Waals surface area contributed by atoms with Gasteiger partial charge in [-0.15, -0.1) is 0 Å². The predicted molar refractivity (Wildman–Crippen MR) is 71.3 cm³/mol. The molecule has 1 aliphatic carbocycles. The zero-order chi connectivity index (χ0) is 12.1. The van der Waals surface area contributed by atoms with Crippen LogP contribution in [0.1, 0.15) is 38.5 Å².